The smallest absolute Gasteiger partial charge is 0.387 e. The van der Waals surface area contributed by atoms with Crippen LogP contribution in [0.1, 0.15) is 41.5 Å². The Bertz CT molecular complexity index is 702. The van der Waals surface area contributed by atoms with Gasteiger partial charge in [-0.25, -0.2) is 0 Å². The van der Waals surface area contributed by atoms with Crippen molar-refractivity contribution in [1.29, 1.82) is 0 Å². The van der Waals surface area contributed by atoms with Gasteiger partial charge in [0.05, 0.1) is 7.11 Å². The number of halogens is 2. The number of nitrogens with zero attached hydrogens (tertiary/aromatic N) is 1. The van der Waals surface area contributed by atoms with E-state index in [2.05, 4.69) is 20.3 Å². The average Bonchev–Trinajstić information content (AvgIpc) is 3.02. The van der Waals surface area contributed by atoms with Crippen molar-refractivity contribution in [2.75, 3.05) is 7.11 Å². The number of carbonyl (C=O) groups is 1. The van der Waals surface area contributed by atoms with Gasteiger partial charge in [0.2, 0.25) is 0 Å². The largest absolute Gasteiger partial charge is 0.493 e. The molecule has 130 valence electrons. The van der Waals surface area contributed by atoms with Gasteiger partial charge in [-0.3, -0.25) is 9.89 Å². The first-order valence-corrected chi connectivity index (χ1v) is 7.36. The Kier molecular flexibility index (Phi) is 5.73. The maximum atomic E-state index is 12.4. The van der Waals surface area contributed by atoms with Gasteiger partial charge in [-0.05, 0) is 29.7 Å². The molecule has 24 heavy (non-hydrogen) atoms. The topological polar surface area (TPSA) is 76.2 Å². The van der Waals surface area contributed by atoms with E-state index in [1.165, 1.54) is 19.2 Å². The van der Waals surface area contributed by atoms with Gasteiger partial charge in [-0.15, -0.1) is 0 Å². The van der Waals surface area contributed by atoms with E-state index in [0.717, 1.165) is 5.69 Å². The number of H-pyrrole nitrogens is 1. The minimum Gasteiger partial charge on any atom is -0.493 e. The van der Waals surface area contributed by atoms with Crippen molar-refractivity contribution in [2.24, 2.45) is 0 Å². The maximum Gasteiger partial charge on any atom is 0.387 e. The predicted octanol–water partition coefficient (Wildman–Crippen LogP) is 3.07. The first-order valence-electron chi connectivity index (χ1n) is 7.36. The molecule has 0 fully saturated rings. The second-order valence-corrected chi connectivity index (χ2v) is 5.41. The van der Waals surface area contributed by atoms with Crippen LogP contribution in [-0.4, -0.2) is 29.8 Å². The zero-order chi connectivity index (χ0) is 17.7. The van der Waals surface area contributed by atoms with Crippen molar-refractivity contribution in [3.63, 3.8) is 0 Å². The summed E-state index contributed by atoms with van der Waals surface area (Å²) in [5.41, 5.74) is 1.73. The number of hydrogen-bond donors (Lipinski definition) is 2. The lowest BCUT2D eigenvalue weighted by atomic mass is 10.1. The van der Waals surface area contributed by atoms with Gasteiger partial charge in [0.25, 0.3) is 5.91 Å². The van der Waals surface area contributed by atoms with E-state index in [0.29, 0.717) is 5.56 Å². The number of aromatic amines is 1. The number of rotatable bonds is 7. The van der Waals surface area contributed by atoms with Crippen LogP contribution in [0.3, 0.4) is 0 Å². The fourth-order valence-electron chi connectivity index (χ4n) is 2.04. The third-order valence-corrected chi connectivity index (χ3v) is 3.35. The number of ether oxygens (including phenoxy) is 2. The van der Waals surface area contributed by atoms with Crippen LogP contribution < -0.4 is 14.8 Å². The Morgan fingerprint density at radius 2 is 2.04 bits per heavy atom. The maximum absolute atomic E-state index is 12.4. The lowest BCUT2D eigenvalue weighted by molar-refractivity contribution is -0.0512. The van der Waals surface area contributed by atoms with Crippen LogP contribution in [0.4, 0.5) is 8.78 Å². The van der Waals surface area contributed by atoms with Crippen LogP contribution >= 0.6 is 0 Å². The molecule has 0 saturated heterocycles. The van der Waals surface area contributed by atoms with Crippen molar-refractivity contribution in [3.8, 4) is 11.5 Å². The highest BCUT2D eigenvalue weighted by Crippen LogP contribution is 2.29. The van der Waals surface area contributed by atoms with Gasteiger partial charge in [-0.2, -0.15) is 13.9 Å². The molecule has 0 atom stereocenters. The number of methoxy groups -OCH3 is 1. The fraction of sp³-hybridized carbons (Fsp3) is 0.375. The molecule has 0 saturated carbocycles. The van der Waals surface area contributed by atoms with Gasteiger partial charge in [0.1, 0.15) is 5.69 Å². The monoisotopic (exact) mass is 339 g/mol. The van der Waals surface area contributed by atoms with E-state index in [4.69, 9.17) is 4.74 Å². The molecule has 0 unspecified atom stereocenters. The molecule has 8 heteroatoms. The number of alkyl halides is 2. The molecule has 6 nitrogen and oxygen atoms in total. The van der Waals surface area contributed by atoms with E-state index in [-0.39, 0.29) is 35.6 Å². The summed E-state index contributed by atoms with van der Waals surface area (Å²) in [6, 6.07) is 6.24. The first-order chi connectivity index (χ1) is 11.4. The summed E-state index contributed by atoms with van der Waals surface area (Å²) in [5.74, 6) is -0.0136. The zero-order valence-corrected chi connectivity index (χ0v) is 13.6. The lowest BCUT2D eigenvalue weighted by Gasteiger charge is -2.11. The number of aromatic nitrogens is 2. The minimum absolute atomic E-state index is 0.0823. The summed E-state index contributed by atoms with van der Waals surface area (Å²) in [6.07, 6.45) is 0. The molecule has 2 rings (SSSR count). The quantitative estimate of drug-likeness (QED) is 0.813. The van der Waals surface area contributed by atoms with Crippen LogP contribution in [0.15, 0.2) is 24.3 Å². The van der Waals surface area contributed by atoms with Gasteiger partial charge in [0, 0.05) is 12.2 Å². The number of benzene rings is 1. The summed E-state index contributed by atoms with van der Waals surface area (Å²) in [4.78, 5) is 12.1. The number of amides is 1. The average molecular weight is 339 g/mol. The molecule has 0 radical (unpaired) electrons. The molecule has 1 aromatic carbocycles. The van der Waals surface area contributed by atoms with Crippen LogP contribution in [-0.2, 0) is 6.54 Å². The van der Waals surface area contributed by atoms with Gasteiger partial charge in [0.15, 0.2) is 11.5 Å². The van der Waals surface area contributed by atoms with Crippen molar-refractivity contribution >= 4 is 5.91 Å². The van der Waals surface area contributed by atoms with Crippen molar-refractivity contribution < 1.29 is 23.0 Å². The highest BCUT2D eigenvalue weighted by atomic mass is 19.3. The molecule has 0 aliphatic carbocycles. The molecule has 2 N–H and O–H groups in total. The van der Waals surface area contributed by atoms with E-state index >= 15 is 0 Å². The summed E-state index contributed by atoms with van der Waals surface area (Å²) in [5, 5.41) is 9.43. The molecule has 1 heterocycles. The Labute approximate surface area is 138 Å². The molecule has 0 spiro atoms. The molecular weight excluding hydrogens is 320 g/mol. The molecular formula is C16H19F2N3O3. The van der Waals surface area contributed by atoms with Crippen molar-refractivity contribution in [2.45, 2.75) is 32.9 Å². The number of carbonyl (C=O) groups excluding carboxylic acids is 1. The minimum atomic E-state index is -2.96. The highest BCUT2D eigenvalue weighted by Gasteiger charge is 2.14. The van der Waals surface area contributed by atoms with E-state index < -0.39 is 6.61 Å². The SMILES string of the molecule is COc1ccc(CNC(=O)c2cc(C(C)C)[nH]n2)cc1OC(F)F. The Hall–Kier alpha value is -2.64. The van der Waals surface area contributed by atoms with Gasteiger partial charge in [-0.1, -0.05) is 19.9 Å². The second-order valence-electron chi connectivity index (χ2n) is 5.41. The summed E-state index contributed by atoms with van der Waals surface area (Å²) in [6.45, 7) is 1.16. The molecule has 0 aliphatic heterocycles. The standard InChI is InChI=1S/C16H19F2N3O3/c1-9(2)11-7-12(21-20-11)15(22)19-8-10-4-5-13(23-3)14(6-10)24-16(17)18/h4-7,9,16H,8H2,1-3H3,(H,19,22)(H,20,21). The van der Waals surface area contributed by atoms with Crippen LogP contribution in [0.2, 0.25) is 0 Å². The molecule has 2 aromatic rings. The van der Waals surface area contributed by atoms with Crippen molar-refractivity contribution in [3.05, 3.63) is 41.2 Å². The van der Waals surface area contributed by atoms with E-state index in [9.17, 15) is 13.6 Å². The number of nitrogens with one attached hydrogen (secondary N) is 2. The summed E-state index contributed by atoms with van der Waals surface area (Å²) < 4.78 is 34.2. The zero-order valence-electron chi connectivity index (χ0n) is 13.6. The van der Waals surface area contributed by atoms with E-state index in [1.807, 2.05) is 13.8 Å². The third kappa shape index (κ3) is 4.43. The normalized spacial score (nSPS) is 11.0. The van der Waals surface area contributed by atoms with Crippen molar-refractivity contribution in [1.82, 2.24) is 15.5 Å². The second kappa shape index (κ2) is 7.76. The Morgan fingerprint density at radius 3 is 2.62 bits per heavy atom. The van der Waals surface area contributed by atoms with E-state index in [1.54, 1.807) is 12.1 Å². The molecule has 1 amide bonds. The van der Waals surface area contributed by atoms with Gasteiger partial charge < -0.3 is 14.8 Å². The van der Waals surface area contributed by atoms with Crippen LogP contribution in [0, 0.1) is 0 Å². The Morgan fingerprint density at radius 1 is 1.29 bits per heavy atom. The molecule has 0 aliphatic rings. The number of hydrogen-bond acceptors (Lipinski definition) is 4. The van der Waals surface area contributed by atoms with Crippen LogP contribution in [0.25, 0.3) is 0 Å². The summed E-state index contributed by atoms with van der Waals surface area (Å²) >= 11 is 0. The summed E-state index contributed by atoms with van der Waals surface area (Å²) in [7, 11) is 1.36. The lowest BCUT2D eigenvalue weighted by Crippen LogP contribution is -2.23. The van der Waals surface area contributed by atoms with Crippen LogP contribution in [0.5, 0.6) is 11.5 Å². The fourth-order valence-corrected chi connectivity index (χ4v) is 2.04. The van der Waals surface area contributed by atoms with Gasteiger partial charge >= 0.3 is 6.61 Å². The third-order valence-electron chi connectivity index (χ3n) is 3.35. The predicted molar refractivity (Wildman–Crippen MR) is 83.5 cm³/mol. The Balaban J connectivity index is 2.03. The molecule has 0 bridgehead atoms. The highest BCUT2D eigenvalue weighted by molar-refractivity contribution is 5.92. The first kappa shape index (κ1) is 17.7. The molecule has 1 aromatic heterocycles.